The van der Waals surface area contributed by atoms with Gasteiger partial charge in [-0.1, -0.05) is 15.9 Å². The fraction of sp³-hybridized carbons (Fsp3) is 0.571. The van der Waals surface area contributed by atoms with E-state index in [0.717, 1.165) is 38.3 Å². The molecule has 1 saturated carbocycles. The predicted octanol–water partition coefficient (Wildman–Crippen LogP) is 1.60. The third kappa shape index (κ3) is 2.67. The maximum Gasteiger partial charge on any atom is 0.232 e. The fourth-order valence-corrected chi connectivity index (χ4v) is 3.26. The van der Waals surface area contributed by atoms with Gasteiger partial charge in [0, 0.05) is 31.0 Å². The summed E-state index contributed by atoms with van der Waals surface area (Å²) in [6, 6.07) is 3.90. The Morgan fingerprint density at radius 1 is 1.50 bits per heavy atom. The van der Waals surface area contributed by atoms with Crippen LogP contribution in [0.15, 0.2) is 18.3 Å². The highest BCUT2D eigenvalue weighted by molar-refractivity contribution is 9.09. The Bertz CT molecular complexity index is 500. The van der Waals surface area contributed by atoms with E-state index in [1.807, 2.05) is 25.3 Å². The molecular weight excluding hydrogens is 320 g/mol. The van der Waals surface area contributed by atoms with Gasteiger partial charge in [0.05, 0.1) is 17.3 Å². The Morgan fingerprint density at radius 3 is 2.75 bits per heavy atom. The smallest absolute Gasteiger partial charge is 0.232 e. The molecule has 1 aromatic rings. The van der Waals surface area contributed by atoms with Gasteiger partial charge >= 0.3 is 0 Å². The summed E-state index contributed by atoms with van der Waals surface area (Å²) in [5.74, 6) is 0.670. The van der Waals surface area contributed by atoms with E-state index in [0.29, 0.717) is 5.82 Å². The second-order valence-corrected chi connectivity index (χ2v) is 6.79. The van der Waals surface area contributed by atoms with Crippen LogP contribution in [0.25, 0.3) is 0 Å². The van der Waals surface area contributed by atoms with Crippen LogP contribution >= 0.6 is 15.9 Å². The number of alkyl halides is 1. The van der Waals surface area contributed by atoms with Crippen LogP contribution in [0, 0.1) is 5.41 Å². The maximum absolute atomic E-state index is 12.1. The molecule has 0 bridgehead atoms. The summed E-state index contributed by atoms with van der Waals surface area (Å²) in [7, 11) is 0. The number of amides is 1. The van der Waals surface area contributed by atoms with Gasteiger partial charge in [0.2, 0.25) is 5.91 Å². The zero-order valence-corrected chi connectivity index (χ0v) is 13.1. The largest absolute Gasteiger partial charge is 0.368 e. The van der Waals surface area contributed by atoms with Crippen molar-refractivity contribution >= 4 is 33.3 Å². The quantitative estimate of drug-likeness (QED) is 0.822. The zero-order chi connectivity index (χ0) is 14.2. The molecule has 20 heavy (non-hydrogen) atoms. The minimum atomic E-state index is -0.279. The lowest BCUT2D eigenvalue weighted by atomic mass is 10.1. The molecule has 2 N–H and O–H groups in total. The summed E-state index contributed by atoms with van der Waals surface area (Å²) >= 11 is 3.49. The number of hydrogen-bond donors (Lipinski definition) is 2. The molecule has 1 amide bonds. The molecule has 0 aromatic carbocycles. The molecule has 2 unspecified atom stereocenters. The first-order valence-corrected chi connectivity index (χ1v) is 7.88. The summed E-state index contributed by atoms with van der Waals surface area (Å²) in [4.78, 5) is 19.0. The molecule has 0 radical (unpaired) electrons. The second-order valence-electron chi connectivity index (χ2n) is 5.68. The maximum atomic E-state index is 12.1. The van der Waals surface area contributed by atoms with Gasteiger partial charge in [-0.25, -0.2) is 4.98 Å². The number of nitrogens with zero attached hydrogens (tertiary/aromatic N) is 2. The number of rotatable bonds is 3. The summed E-state index contributed by atoms with van der Waals surface area (Å²) in [5, 5.41) is 6.22. The molecule has 2 atom stereocenters. The summed E-state index contributed by atoms with van der Waals surface area (Å²) in [6.07, 6.45) is 2.72. The minimum absolute atomic E-state index is 0.0433. The normalized spacial score (nSPS) is 29.1. The van der Waals surface area contributed by atoms with Crippen molar-refractivity contribution < 1.29 is 4.79 Å². The van der Waals surface area contributed by atoms with Crippen molar-refractivity contribution in [2.45, 2.75) is 18.2 Å². The van der Waals surface area contributed by atoms with Gasteiger partial charge in [-0.15, -0.1) is 0 Å². The molecule has 0 spiro atoms. The Morgan fingerprint density at radius 2 is 2.20 bits per heavy atom. The van der Waals surface area contributed by atoms with Gasteiger partial charge in [-0.2, -0.15) is 0 Å². The first kappa shape index (κ1) is 13.8. The van der Waals surface area contributed by atoms with E-state index in [9.17, 15) is 4.79 Å². The molecule has 3 rings (SSSR count). The van der Waals surface area contributed by atoms with E-state index in [1.165, 1.54) is 0 Å². The van der Waals surface area contributed by atoms with Crippen LogP contribution in [-0.4, -0.2) is 41.9 Å². The molecule has 2 fully saturated rings. The van der Waals surface area contributed by atoms with Gasteiger partial charge in [0.25, 0.3) is 0 Å². The molecular formula is C14H19BrN4O. The van der Waals surface area contributed by atoms with E-state index in [1.54, 1.807) is 0 Å². The number of piperazine rings is 1. The van der Waals surface area contributed by atoms with Crippen LogP contribution in [-0.2, 0) is 4.79 Å². The number of pyridine rings is 1. The van der Waals surface area contributed by atoms with E-state index in [4.69, 9.17) is 0 Å². The topological polar surface area (TPSA) is 57.3 Å². The molecule has 108 valence electrons. The van der Waals surface area contributed by atoms with Gasteiger partial charge in [0.15, 0.2) is 0 Å². The van der Waals surface area contributed by atoms with E-state index in [-0.39, 0.29) is 16.1 Å². The average Bonchev–Trinajstić information content (AvgIpc) is 3.10. The highest BCUT2D eigenvalue weighted by Crippen LogP contribution is 2.51. The van der Waals surface area contributed by atoms with E-state index < -0.39 is 0 Å². The van der Waals surface area contributed by atoms with E-state index in [2.05, 4.69) is 36.4 Å². The molecule has 5 nitrogen and oxygen atoms in total. The number of nitrogens with one attached hydrogen (secondary N) is 2. The average molecular weight is 339 g/mol. The fourth-order valence-electron chi connectivity index (χ4n) is 2.38. The molecule has 2 aliphatic rings. The lowest BCUT2D eigenvalue weighted by Crippen LogP contribution is -2.43. The van der Waals surface area contributed by atoms with Crippen LogP contribution in [0.2, 0.25) is 0 Å². The molecule has 1 aromatic heterocycles. The van der Waals surface area contributed by atoms with E-state index >= 15 is 0 Å². The molecule has 1 aliphatic carbocycles. The SMILES string of the molecule is CC1(C(=O)Nc2ccc(N3CCNCC3)cn2)CC1Br. The molecule has 1 saturated heterocycles. The standard InChI is InChI=1S/C14H19BrN4O/c1-14(8-11(14)15)13(20)18-12-3-2-10(9-17-12)19-6-4-16-5-7-19/h2-3,9,11,16H,4-8H2,1H3,(H,17,18,20). The highest BCUT2D eigenvalue weighted by atomic mass is 79.9. The Balaban J connectivity index is 1.63. The predicted molar refractivity (Wildman–Crippen MR) is 83.4 cm³/mol. The van der Waals surface area contributed by atoms with Crippen LogP contribution < -0.4 is 15.5 Å². The lowest BCUT2D eigenvalue weighted by molar-refractivity contribution is -0.120. The second kappa shape index (κ2) is 5.33. The molecule has 2 heterocycles. The van der Waals surface area contributed by atoms with Crippen LogP contribution in [0.3, 0.4) is 0 Å². The van der Waals surface area contributed by atoms with Crippen molar-refractivity contribution in [2.75, 3.05) is 36.4 Å². The lowest BCUT2D eigenvalue weighted by Gasteiger charge is -2.29. The monoisotopic (exact) mass is 338 g/mol. The van der Waals surface area contributed by atoms with Crippen molar-refractivity contribution in [1.82, 2.24) is 10.3 Å². The van der Waals surface area contributed by atoms with Crippen LogP contribution in [0.5, 0.6) is 0 Å². The van der Waals surface area contributed by atoms with Gasteiger partial charge in [-0.05, 0) is 25.5 Å². The van der Waals surface area contributed by atoms with Crippen LogP contribution in [0.1, 0.15) is 13.3 Å². The highest BCUT2D eigenvalue weighted by Gasteiger charge is 2.54. The van der Waals surface area contributed by atoms with Crippen molar-refractivity contribution in [3.63, 3.8) is 0 Å². The van der Waals surface area contributed by atoms with Gasteiger partial charge in [-0.3, -0.25) is 4.79 Å². The minimum Gasteiger partial charge on any atom is -0.368 e. The molecule has 6 heteroatoms. The van der Waals surface area contributed by atoms with Gasteiger partial charge < -0.3 is 15.5 Å². The number of aromatic nitrogens is 1. The zero-order valence-electron chi connectivity index (χ0n) is 11.5. The number of hydrogen-bond acceptors (Lipinski definition) is 4. The summed E-state index contributed by atoms with van der Waals surface area (Å²) in [6.45, 7) is 5.97. The first-order valence-electron chi connectivity index (χ1n) is 6.97. The number of anilines is 2. The Hall–Kier alpha value is -1.14. The van der Waals surface area contributed by atoms with Crippen molar-refractivity contribution in [1.29, 1.82) is 0 Å². The first-order chi connectivity index (χ1) is 9.59. The van der Waals surface area contributed by atoms with Crippen molar-refractivity contribution in [3.05, 3.63) is 18.3 Å². The molecule has 1 aliphatic heterocycles. The Kier molecular flexibility index (Phi) is 3.69. The Labute approximate surface area is 127 Å². The number of halogens is 1. The van der Waals surface area contributed by atoms with Crippen molar-refractivity contribution in [3.8, 4) is 0 Å². The third-order valence-corrected chi connectivity index (χ3v) is 5.46. The van der Waals surface area contributed by atoms with Crippen LogP contribution in [0.4, 0.5) is 11.5 Å². The van der Waals surface area contributed by atoms with Gasteiger partial charge in [0.1, 0.15) is 5.82 Å². The summed E-state index contributed by atoms with van der Waals surface area (Å²) in [5.41, 5.74) is 0.833. The third-order valence-electron chi connectivity index (χ3n) is 4.12. The number of carbonyl (C=O) groups is 1. The number of carbonyl (C=O) groups excluding carboxylic acids is 1. The van der Waals surface area contributed by atoms with Crippen molar-refractivity contribution in [2.24, 2.45) is 5.41 Å². The summed E-state index contributed by atoms with van der Waals surface area (Å²) < 4.78 is 0.